The first kappa shape index (κ1) is 22.6. The van der Waals surface area contributed by atoms with Gasteiger partial charge in [0.05, 0.1) is 22.1 Å². The van der Waals surface area contributed by atoms with Crippen molar-refractivity contribution in [2.24, 2.45) is 16.7 Å². The molecule has 31 heavy (non-hydrogen) atoms. The van der Waals surface area contributed by atoms with Crippen molar-refractivity contribution >= 4 is 34.2 Å². The van der Waals surface area contributed by atoms with Gasteiger partial charge in [0.15, 0.2) is 34.5 Å². The summed E-state index contributed by atoms with van der Waals surface area (Å²) in [7, 11) is 0. The van der Waals surface area contributed by atoms with E-state index in [1.807, 2.05) is 0 Å². The molecule has 1 aliphatic carbocycles. The van der Waals surface area contributed by atoms with Crippen molar-refractivity contribution in [3.05, 3.63) is 34.9 Å². The van der Waals surface area contributed by atoms with Gasteiger partial charge in [-0.3, -0.25) is 19.2 Å². The Kier molecular flexibility index (Phi) is 4.91. The zero-order valence-electron chi connectivity index (χ0n) is 17.3. The average Bonchev–Trinajstić information content (AvgIpc) is 2.65. The van der Waals surface area contributed by atoms with Gasteiger partial charge in [0, 0.05) is 5.39 Å². The van der Waals surface area contributed by atoms with Crippen LogP contribution in [-0.4, -0.2) is 33.1 Å². The van der Waals surface area contributed by atoms with Gasteiger partial charge in [0.1, 0.15) is 11.7 Å². The number of aromatic nitrogens is 2. The third kappa shape index (κ3) is 3.34. The first-order valence-corrected chi connectivity index (χ1v) is 9.24. The molecule has 3 rings (SSSR count). The number of hydrogen-bond donors (Lipinski definition) is 0. The number of rotatable bonds is 2. The predicted octanol–water partition coefficient (Wildman–Crippen LogP) is 3.67. The monoisotopic (exact) mass is 438 g/mol. The molecule has 1 fully saturated rings. The summed E-state index contributed by atoms with van der Waals surface area (Å²) in [4.78, 5) is 58.5. The molecule has 2 aromatic rings. The lowest BCUT2D eigenvalue weighted by Crippen LogP contribution is -2.59. The van der Waals surface area contributed by atoms with E-state index in [0.29, 0.717) is 0 Å². The normalized spacial score (nSPS) is 19.2. The molecule has 1 aliphatic rings. The van der Waals surface area contributed by atoms with Gasteiger partial charge in [-0.15, -0.1) is 0 Å². The van der Waals surface area contributed by atoms with E-state index in [0.717, 1.165) is 12.1 Å². The van der Waals surface area contributed by atoms with Gasteiger partial charge < -0.3 is 0 Å². The fourth-order valence-corrected chi connectivity index (χ4v) is 3.81. The number of carbonyl (C=O) groups excluding carboxylic acids is 4. The highest BCUT2D eigenvalue weighted by atomic mass is 19.4. The van der Waals surface area contributed by atoms with Crippen molar-refractivity contribution in [1.29, 1.82) is 0 Å². The summed E-state index contributed by atoms with van der Waals surface area (Å²) in [6.07, 6.45) is -5.12. The Bertz CT molecular complexity index is 1150. The summed E-state index contributed by atoms with van der Waals surface area (Å²) in [6, 6.07) is 1.59. The molecule has 164 valence electrons. The van der Waals surface area contributed by atoms with Crippen molar-refractivity contribution < 1.29 is 36.7 Å². The fraction of sp³-hybridized carbons (Fsp3) is 0.429. The van der Waals surface area contributed by atoms with E-state index in [2.05, 4.69) is 9.97 Å². The number of carbonyl (C=O) groups is 4. The van der Waals surface area contributed by atoms with Crippen LogP contribution in [0.4, 0.5) is 17.6 Å². The number of Topliss-reactive ketones (excluding diaryl/α,β-unsaturated/α-hetero) is 4. The summed E-state index contributed by atoms with van der Waals surface area (Å²) in [6.45, 7) is 6.12. The van der Waals surface area contributed by atoms with Gasteiger partial charge in [-0.1, -0.05) is 0 Å². The van der Waals surface area contributed by atoms with Crippen LogP contribution in [-0.2, 0) is 20.6 Å². The molecule has 0 radical (unpaired) electrons. The Balaban J connectivity index is 2.28. The number of fused-ring (bicyclic) bond motifs is 1. The molecule has 0 spiro atoms. The van der Waals surface area contributed by atoms with Crippen LogP contribution in [0, 0.1) is 29.5 Å². The number of pyridine rings is 2. The minimum absolute atomic E-state index is 0.188. The third-order valence-corrected chi connectivity index (χ3v) is 5.62. The maximum atomic E-state index is 13.9. The van der Waals surface area contributed by atoms with Gasteiger partial charge in [-0.2, -0.15) is 13.2 Å². The molecule has 0 N–H and O–H groups in total. The smallest absolute Gasteiger partial charge is 0.297 e. The molecule has 0 bridgehead atoms. The summed E-state index contributed by atoms with van der Waals surface area (Å²) < 4.78 is 55.0. The summed E-state index contributed by atoms with van der Waals surface area (Å²) in [5, 5.41) is -0.204. The summed E-state index contributed by atoms with van der Waals surface area (Å²) >= 11 is 0. The lowest BCUT2D eigenvalue weighted by molar-refractivity contribution is -0.158. The topological polar surface area (TPSA) is 94.1 Å². The third-order valence-electron chi connectivity index (χ3n) is 5.62. The van der Waals surface area contributed by atoms with Crippen LogP contribution >= 0.6 is 0 Å². The number of ketones is 4. The molecular weight excluding hydrogens is 420 g/mol. The molecule has 2 heterocycles. The van der Waals surface area contributed by atoms with E-state index >= 15 is 0 Å². The van der Waals surface area contributed by atoms with Gasteiger partial charge in [-0.25, -0.2) is 14.4 Å². The summed E-state index contributed by atoms with van der Waals surface area (Å²) in [5.74, 6) is -7.29. The van der Waals surface area contributed by atoms with Crippen LogP contribution in [0.25, 0.3) is 11.0 Å². The van der Waals surface area contributed by atoms with E-state index in [9.17, 15) is 36.7 Å². The van der Waals surface area contributed by atoms with Gasteiger partial charge in [0.2, 0.25) is 0 Å². The molecule has 0 saturated heterocycles. The highest BCUT2D eigenvalue weighted by molar-refractivity contribution is 6.37. The molecular formula is C21H18F4N2O4. The fourth-order valence-electron chi connectivity index (χ4n) is 3.81. The molecule has 0 atom stereocenters. The van der Waals surface area contributed by atoms with Crippen molar-refractivity contribution in [2.75, 3.05) is 0 Å². The Hall–Kier alpha value is -3.04. The second-order valence-corrected chi connectivity index (χ2v) is 8.59. The van der Waals surface area contributed by atoms with Gasteiger partial charge in [-0.05, 0) is 46.8 Å². The zero-order chi connectivity index (χ0) is 23.7. The van der Waals surface area contributed by atoms with Crippen LogP contribution in [0.1, 0.15) is 49.4 Å². The molecule has 2 aromatic heterocycles. The predicted molar refractivity (Wildman–Crippen MR) is 99.6 cm³/mol. The van der Waals surface area contributed by atoms with Gasteiger partial charge >= 0.3 is 6.18 Å². The van der Waals surface area contributed by atoms with E-state index in [1.165, 1.54) is 34.6 Å². The highest BCUT2D eigenvalue weighted by Crippen LogP contribution is 2.43. The number of alkyl halides is 3. The largest absolute Gasteiger partial charge is 0.434 e. The Morgan fingerprint density at radius 2 is 1.48 bits per heavy atom. The number of aryl methyl sites for hydroxylation is 1. The zero-order valence-corrected chi connectivity index (χ0v) is 17.3. The van der Waals surface area contributed by atoms with Crippen LogP contribution in [0.2, 0.25) is 0 Å². The molecule has 1 saturated carbocycles. The van der Waals surface area contributed by atoms with Gasteiger partial charge in [0.25, 0.3) is 0 Å². The van der Waals surface area contributed by atoms with E-state index in [1.54, 1.807) is 0 Å². The first-order valence-electron chi connectivity index (χ1n) is 9.24. The number of halogens is 4. The van der Waals surface area contributed by atoms with Crippen molar-refractivity contribution in [1.82, 2.24) is 9.97 Å². The standard InChI is InChI=1S/C21H18F4N2O4/c1-8-11(22)7-9-6-10(14(21(23,24)25)27-17(9)26-8)13(28)12-15(29)19(2,3)18(31)20(4,5)16(12)30/h6-7,12H,1-5H3. The van der Waals surface area contributed by atoms with Crippen LogP contribution in [0.3, 0.4) is 0 Å². The Labute approximate surface area is 174 Å². The lowest BCUT2D eigenvalue weighted by Gasteiger charge is -2.40. The SMILES string of the molecule is Cc1nc2nc(C(F)(F)F)c(C(=O)C3C(=O)C(C)(C)C(=O)C(C)(C)C3=O)cc2cc1F. The number of hydrogen-bond acceptors (Lipinski definition) is 6. The number of nitrogens with zero attached hydrogens (tertiary/aromatic N) is 2. The quantitative estimate of drug-likeness (QED) is 0.404. The minimum atomic E-state index is -5.12. The van der Waals surface area contributed by atoms with E-state index in [-0.39, 0.29) is 11.1 Å². The maximum Gasteiger partial charge on any atom is 0.434 e. The Morgan fingerprint density at radius 1 is 0.968 bits per heavy atom. The highest BCUT2D eigenvalue weighted by Gasteiger charge is 2.60. The van der Waals surface area contributed by atoms with E-state index in [4.69, 9.17) is 0 Å². The van der Waals surface area contributed by atoms with Crippen LogP contribution in [0.5, 0.6) is 0 Å². The molecule has 0 aliphatic heterocycles. The van der Waals surface area contributed by atoms with E-state index < -0.39 is 68.8 Å². The maximum absolute atomic E-state index is 13.9. The van der Waals surface area contributed by atoms with Crippen molar-refractivity contribution in [3.8, 4) is 0 Å². The lowest BCUT2D eigenvalue weighted by atomic mass is 9.57. The molecule has 10 heteroatoms. The molecule has 0 unspecified atom stereocenters. The Morgan fingerprint density at radius 3 is 1.97 bits per heavy atom. The molecule has 0 aromatic carbocycles. The molecule has 6 nitrogen and oxygen atoms in total. The first-order chi connectivity index (χ1) is 14.0. The van der Waals surface area contributed by atoms with Crippen LogP contribution < -0.4 is 0 Å². The minimum Gasteiger partial charge on any atom is -0.297 e. The molecule has 0 amide bonds. The van der Waals surface area contributed by atoms with Crippen LogP contribution in [0.15, 0.2) is 12.1 Å². The van der Waals surface area contributed by atoms with Crippen molar-refractivity contribution in [2.45, 2.75) is 40.8 Å². The average molecular weight is 438 g/mol. The second kappa shape index (κ2) is 6.73. The van der Waals surface area contributed by atoms with Crippen molar-refractivity contribution in [3.63, 3.8) is 0 Å². The summed E-state index contributed by atoms with van der Waals surface area (Å²) in [5.41, 5.74) is -6.85. The second-order valence-electron chi connectivity index (χ2n) is 8.59.